The minimum Gasteiger partial charge on any atom is -0.359 e. The molecule has 0 bridgehead atoms. The lowest BCUT2D eigenvalue weighted by Gasteiger charge is -2.21. The Morgan fingerprint density at radius 1 is 1.62 bits per heavy atom. The van der Waals surface area contributed by atoms with Crippen molar-refractivity contribution in [3.05, 3.63) is 17.5 Å². The predicted molar refractivity (Wildman–Crippen MR) is 58.5 cm³/mol. The highest BCUT2D eigenvalue weighted by Gasteiger charge is 2.36. The summed E-state index contributed by atoms with van der Waals surface area (Å²) in [6.45, 7) is 2.20. The van der Waals surface area contributed by atoms with Gasteiger partial charge in [0, 0.05) is 6.07 Å². The molecule has 1 saturated carbocycles. The molecule has 1 aromatic heterocycles. The molecule has 2 rings (SSSR count). The molecule has 0 aromatic carbocycles. The average Bonchev–Trinajstić information content (AvgIpc) is 2.85. The summed E-state index contributed by atoms with van der Waals surface area (Å²) in [6.07, 6.45) is 3.61. The number of hydrogen-bond donors (Lipinski definition) is 2. The van der Waals surface area contributed by atoms with Gasteiger partial charge in [0.15, 0.2) is 5.76 Å². The Morgan fingerprint density at radius 2 is 2.31 bits per heavy atom. The molecule has 5 heteroatoms. The van der Waals surface area contributed by atoms with E-state index in [-0.39, 0.29) is 5.91 Å². The summed E-state index contributed by atoms with van der Waals surface area (Å²) in [4.78, 5) is 11.8. The highest BCUT2D eigenvalue weighted by atomic mass is 16.5. The van der Waals surface area contributed by atoms with Gasteiger partial charge < -0.3 is 15.6 Å². The zero-order chi connectivity index (χ0) is 11.6. The maximum absolute atomic E-state index is 11.8. The number of hydrogen-bond acceptors (Lipinski definition) is 4. The second-order valence-corrected chi connectivity index (χ2v) is 4.48. The smallest absolute Gasteiger partial charge is 0.240 e. The monoisotopic (exact) mass is 223 g/mol. The molecule has 1 aliphatic carbocycles. The summed E-state index contributed by atoms with van der Waals surface area (Å²) in [7, 11) is 0. The normalized spacial score (nSPS) is 18.6. The Bertz CT molecular complexity index is 380. The molecular formula is C11H17N3O2. The van der Waals surface area contributed by atoms with Gasteiger partial charge in [-0.05, 0) is 19.8 Å². The van der Waals surface area contributed by atoms with E-state index in [0.717, 1.165) is 31.4 Å². The number of nitrogens with one attached hydrogen (secondary N) is 1. The molecule has 0 unspecified atom stereocenters. The fourth-order valence-corrected chi connectivity index (χ4v) is 2.08. The summed E-state index contributed by atoms with van der Waals surface area (Å²) in [5.74, 6) is 0.575. The van der Waals surface area contributed by atoms with Crippen LogP contribution in [0.3, 0.4) is 0 Å². The molecule has 3 N–H and O–H groups in total. The van der Waals surface area contributed by atoms with E-state index in [2.05, 4.69) is 10.5 Å². The molecular weight excluding hydrogens is 206 g/mol. The van der Waals surface area contributed by atoms with Gasteiger partial charge in [-0.15, -0.1) is 0 Å². The molecule has 5 nitrogen and oxygen atoms in total. The van der Waals surface area contributed by atoms with Crippen molar-refractivity contribution >= 4 is 5.91 Å². The van der Waals surface area contributed by atoms with Crippen molar-refractivity contribution in [1.82, 2.24) is 10.5 Å². The third-order valence-electron chi connectivity index (χ3n) is 3.05. The van der Waals surface area contributed by atoms with Crippen LogP contribution in [-0.2, 0) is 11.3 Å². The van der Waals surface area contributed by atoms with E-state index in [1.165, 1.54) is 0 Å². The quantitative estimate of drug-likeness (QED) is 0.796. The van der Waals surface area contributed by atoms with Crippen molar-refractivity contribution < 1.29 is 9.32 Å². The summed E-state index contributed by atoms with van der Waals surface area (Å²) < 4.78 is 5.00. The van der Waals surface area contributed by atoms with Crippen LogP contribution in [0.5, 0.6) is 0 Å². The molecule has 1 heterocycles. The standard InChI is InChI=1S/C11H17N3O2/c1-8-6-9(16-14-8)7-13-10(15)11(12)4-2-3-5-11/h6H,2-5,7,12H2,1H3,(H,13,15). The van der Waals surface area contributed by atoms with Gasteiger partial charge in [-0.25, -0.2) is 0 Å². The Balaban J connectivity index is 1.88. The fourth-order valence-electron chi connectivity index (χ4n) is 2.08. The van der Waals surface area contributed by atoms with Crippen molar-refractivity contribution in [2.45, 2.75) is 44.7 Å². The molecule has 16 heavy (non-hydrogen) atoms. The van der Waals surface area contributed by atoms with Crippen LogP contribution < -0.4 is 11.1 Å². The van der Waals surface area contributed by atoms with Gasteiger partial charge in [-0.2, -0.15) is 0 Å². The number of amides is 1. The average molecular weight is 223 g/mol. The van der Waals surface area contributed by atoms with Gasteiger partial charge in [0.05, 0.1) is 17.8 Å². The van der Waals surface area contributed by atoms with Crippen molar-refractivity contribution in [3.63, 3.8) is 0 Å². The molecule has 0 radical (unpaired) electrons. The van der Waals surface area contributed by atoms with Crippen LogP contribution in [0.1, 0.15) is 37.1 Å². The van der Waals surface area contributed by atoms with Crippen LogP contribution in [-0.4, -0.2) is 16.6 Å². The van der Waals surface area contributed by atoms with Gasteiger partial charge in [0.2, 0.25) is 5.91 Å². The molecule has 0 atom stereocenters. The van der Waals surface area contributed by atoms with Crippen molar-refractivity contribution in [3.8, 4) is 0 Å². The van der Waals surface area contributed by atoms with Gasteiger partial charge in [-0.3, -0.25) is 4.79 Å². The fraction of sp³-hybridized carbons (Fsp3) is 0.636. The van der Waals surface area contributed by atoms with Gasteiger partial charge >= 0.3 is 0 Å². The van der Waals surface area contributed by atoms with E-state index in [9.17, 15) is 4.79 Å². The van der Waals surface area contributed by atoms with E-state index in [1.807, 2.05) is 6.92 Å². The van der Waals surface area contributed by atoms with Crippen LogP contribution in [0.2, 0.25) is 0 Å². The first-order valence-corrected chi connectivity index (χ1v) is 5.59. The maximum atomic E-state index is 11.8. The SMILES string of the molecule is Cc1cc(CNC(=O)C2(N)CCCC2)on1. The van der Waals surface area contributed by atoms with Gasteiger partial charge in [0.1, 0.15) is 0 Å². The van der Waals surface area contributed by atoms with Crippen LogP contribution in [0.25, 0.3) is 0 Å². The largest absolute Gasteiger partial charge is 0.359 e. The van der Waals surface area contributed by atoms with Crippen molar-refractivity contribution in [1.29, 1.82) is 0 Å². The Hall–Kier alpha value is -1.36. The zero-order valence-electron chi connectivity index (χ0n) is 9.45. The lowest BCUT2D eigenvalue weighted by Crippen LogP contribution is -2.51. The second kappa shape index (κ2) is 4.25. The number of carbonyl (C=O) groups is 1. The Labute approximate surface area is 94.4 Å². The Kier molecular flexibility index (Phi) is 2.96. The van der Waals surface area contributed by atoms with Crippen LogP contribution in [0, 0.1) is 6.92 Å². The maximum Gasteiger partial charge on any atom is 0.240 e. The molecule has 1 fully saturated rings. The summed E-state index contributed by atoms with van der Waals surface area (Å²) in [5.41, 5.74) is 6.15. The minimum absolute atomic E-state index is 0.0842. The predicted octanol–water partition coefficient (Wildman–Crippen LogP) is 0.871. The van der Waals surface area contributed by atoms with Crippen LogP contribution >= 0.6 is 0 Å². The third kappa shape index (κ3) is 2.24. The summed E-state index contributed by atoms with van der Waals surface area (Å²) in [6, 6.07) is 1.80. The van der Waals surface area contributed by atoms with Gasteiger partial charge in [0.25, 0.3) is 0 Å². The molecule has 0 aliphatic heterocycles. The van der Waals surface area contributed by atoms with E-state index >= 15 is 0 Å². The highest BCUT2D eigenvalue weighted by Crippen LogP contribution is 2.27. The summed E-state index contributed by atoms with van der Waals surface area (Å²) in [5, 5.41) is 6.55. The lowest BCUT2D eigenvalue weighted by molar-refractivity contribution is -0.126. The molecule has 0 spiro atoms. The molecule has 0 saturated heterocycles. The summed E-state index contributed by atoms with van der Waals surface area (Å²) >= 11 is 0. The minimum atomic E-state index is -0.672. The molecule has 88 valence electrons. The number of nitrogens with zero attached hydrogens (tertiary/aromatic N) is 1. The van der Waals surface area contributed by atoms with Crippen molar-refractivity contribution in [2.75, 3.05) is 0 Å². The van der Waals surface area contributed by atoms with Gasteiger partial charge in [-0.1, -0.05) is 18.0 Å². The van der Waals surface area contributed by atoms with E-state index in [1.54, 1.807) is 6.07 Å². The van der Waals surface area contributed by atoms with Crippen LogP contribution in [0.4, 0.5) is 0 Å². The topological polar surface area (TPSA) is 81.2 Å². The zero-order valence-corrected chi connectivity index (χ0v) is 9.45. The number of nitrogens with two attached hydrogens (primary N) is 1. The molecule has 1 aliphatic rings. The van der Waals surface area contributed by atoms with E-state index < -0.39 is 5.54 Å². The van der Waals surface area contributed by atoms with E-state index in [0.29, 0.717) is 12.3 Å². The first kappa shape index (κ1) is 11.1. The lowest BCUT2D eigenvalue weighted by atomic mass is 9.98. The molecule has 1 amide bonds. The number of carbonyl (C=O) groups excluding carboxylic acids is 1. The van der Waals surface area contributed by atoms with Crippen LogP contribution in [0.15, 0.2) is 10.6 Å². The number of aromatic nitrogens is 1. The third-order valence-corrected chi connectivity index (χ3v) is 3.05. The highest BCUT2D eigenvalue weighted by molar-refractivity contribution is 5.86. The number of aryl methyl sites for hydroxylation is 1. The Morgan fingerprint density at radius 3 is 2.88 bits per heavy atom. The molecule has 1 aromatic rings. The number of rotatable bonds is 3. The first-order valence-electron chi connectivity index (χ1n) is 5.59. The van der Waals surface area contributed by atoms with E-state index in [4.69, 9.17) is 10.3 Å². The second-order valence-electron chi connectivity index (χ2n) is 4.48. The van der Waals surface area contributed by atoms with Crippen molar-refractivity contribution in [2.24, 2.45) is 5.73 Å². The first-order chi connectivity index (χ1) is 7.60.